The van der Waals surface area contributed by atoms with Gasteiger partial charge in [0.25, 0.3) is 0 Å². The van der Waals surface area contributed by atoms with Crippen LogP contribution >= 0.6 is 15.9 Å². The van der Waals surface area contributed by atoms with Crippen LogP contribution in [-0.4, -0.2) is 33.3 Å². The molecule has 0 aliphatic heterocycles. The Balaban J connectivity index is 1.95. The first kappa shape index (κ1) is 14.7. The molecular weight excluding hydrogens is 356 g/mol. The van der Waals surface area contributed by atoms with Crippen molar-refractivity contribution in [3.8, 4) is 0 Å². The monoisotopic (exact) mass is 370 g/mol. The van der Waals surface area contributed by atoms with Gasteiger partial charge in [-0.15, -0.1) is 0 Å². The van der Waals surface area contributed by atoms with Crippen LogP contribution in [0.2, 0.25) is 0 Å². The van der Waals surface area contributed by atoms with Gasteiger partial charge in [0.05, 0.1) is 6.54 Å². The number of aromatic nitrogens is 3. The molecule has 112 valence electrons. The zero-order chi connectivity index (χ0) is 15.0. The third-order valence-electron chi connectivity index (χ3n) is 3.46. The lowest BCUT2D eigenvalue weighted by molar-refractivity contribution is 0.385. The van der Waals surface area contributed by atoms with Gasteiger partial charge in [-0.05, 0) is 34.8 Å². The highest BCUT2D eigenvalue weighted by Gasteiger charge is 2.38. The SMILES string of the molecule is Cn1ccnc1CN(C1CC1)S(=O)(=O)c1cncc(Br)c1. The lowest BCUT2D eigenvalue weighted by Crippen LogP contribution is -2.33. The van der Waals surface area contributed by atoms with Crippen molar-refractivity contribution in [1.29, 1.82) is 0 Å². The van der Waals surface area contributed by atoms with E-state index in [1.165, 1.54) is 10.5 Å². The van der Waals surface area contributed by atoms with E-state index < -0.39 is 10.0 Å². The van der Waals surface area contributed by atoms with Crippen LogP contribution in [0.15, 0.2) is 40.2 Å². The number of halogens is 1. The Labute approximate surface area is 132 Å². The maximum atomic E-state index is 12.8. The summed E-state index contributed by atoms with van der Waals surface area (Å²) in [5.74, 6) is 0.730. The Morgan fingerprint density at radius 1 is 1.43 bits per heavy atom. The number of imidazole rings is 1. The van der Waals surface area contributed by atoms with E-state index in [9.17, 15) is 8.42 Å². The Bertz CT molecular complexity index is 755. The Morgan fingerprint density at radius 2 is 2.19 bits per heavy atom. The van der Waals surface area contributed by atoms with Gasteiger partial charge >= 0.3 is 0 Å². The molecular formula is C13H15BrN4O2S. The predicted molar refractivity (Wildman–Crippen MR) is 80.9 cm³/mol. The van der Waals surface area contributed by atoms with Crippen molar-refractivity contribution in [1.82, 2.24) is 18.8 Å². The van der Waals surface area contributed by atoms with Gasteiger partial charge in [-0.25, -0.2) is 13.4 Å². The summed E-state index contributed by atoms with van der Waals surface area (Å²) in [5.41, 5.74) is 0. The fourth-order valence-electron chi connectivity index (χ4n) is 2.13. The molecule has 0 N–H and O–H groups in total. The third kappa shape index (κ3) is 3.02. The average molecular weight is 371 g/mol. The number of sulfonamides is 1. The topological polar surface area (TPSA) is 68.1 Å². The molecule has 1 aliphatic rings. The van der Waals surface area contributed by atoms with Gasteiger partial charge in [0, 0.05) is 42.3 Å². The summed E-state index contributed by atoms with van der Waals surface area (Å²) in [6, 6.07) is 1.64. The molecule has 0 amide bonds. The molecule has 0 spiro atoms. The highest BCUT2D eigenvalue weighted by atomic mass is 79.9. The van der Waals surface area contributed by atoms with Crippen molar-refractivity contribution in [3.63, 3.8) is 0 Å². The Kier molecular flexibility index (Phi) is 3.85. The molecule has 0 unspecified atom stereocenters. The summed E-state index contributed by atoms with van der Waals surface area (Å²) in [4.78, 5) is 8.38. The standard InChI is InChI=1S/C13H15BrN4O2S/c1-17-5-4-16-13(17)9-18(11-2-3-11)21(19,20)12-6-10(14)7-15-8-12/h4-8,11H,2-3,9H2,1H3. The molecule has 1 fully saturated rings. The fourth-order valence-corrected chi connectivity index (χ4v) is 4.28. The summed E-state index contributed by atoms with van der Waals surface area (Å²) in [7, 11) is -1.70. The smallest absolute Gasteiger partial charge is 0.245 e. The number of hydrogen-bond acceptors (Lipinski definition) is 4. The van der Waals surface area contributed by atoms with Crippen LogP contribution in [0.25, 0.3) is 0 Å². The van der Waals surface area contributed by atoms with E-state index in [1.54, 1.807) is 18.5 Å². The third-order valence-corrected chi connectivity index (χ3v) is 5.76. The second-order valence-corrected chi connectivity index (χ2v) is 7.88. The van der Waals surface area contributed by atoms with E-state index in [4.69, 9.17) is 0 Å². The quantitative estimate of drug-likeness (QED) is 0.806. The number of hydrogen-bond donors (Lipinski definition) is 0. The molecule has 6 nitrogen and oxygen atoms in total. The van der Waals surface area contributed by atoms with E-state index in [0.29, 0.717) is 4.47 Å². The molecule has 3 rings (SSSR count). The maximum absolute atomic E-state index is 12.8. The number of aryl methyl sites for hydroxylation is 1. The Hall–Kier alpha value is -1.25. The highest BCUT2D eigenvalue weighted by molar-refractivity contribution is 9.10. The zero-order valence-corrected chi connectivity index (χ0v) is 13.9. The highest BCUT2D eigenvalue weighted by Crippen LogP contribution is 2.33. The summed E-state index contributed by atoms with van der Waals surface area (Å²) in [6.07, 6.45) is 8.23. The first-order valence-electron chi connectivity index (χ1n) is 6.57. The van der Waals surface area contributed by atoms with Crippen LogP contribution in [0, 0.1) is 0 Å². The van der Waals surface area contributed by atoms with Crippen LogP contribution in [0.5, 0.6) is 0 Å². The molecule has 21 heavy (non-hydrogen) atoms. The average Bonchev–Trinajstić information content (AvgIpc) is 3.19. The minimum absolute atomic E-state index is 0.0608. The lowest BCUT2D eigenvalue weighted by atomic mass is 10.5. The first-order valence-corrected chi connectivity index (χ1v) is 8.80. The molecule has 0 saturated heterocycles. The molecule has 2 aromatic heterocycles. The van der Waals surface area contributed by atoms with E-state index in [0.717, 1.165) is 18.7 Å². The summed E-state index contributed by atoms with van der Waals surface area (Å²) in [6.45, 7) is 0.281. The van der Waals surface area contributed by atoms with E-state index >= 15 is 0 Å². The molecule has 2 aromatic rings. The van der Waals surface area contributed by atoms with Crippen molar-refractivity contribution in [2.75, 3.05) is 0 Å². The molecule has 0 radical (unpaired) electrons. The molecule has 1 saturated carbocycles. The van der Waals surface area contributed by atoms with Crippen molar-refractivity contribution >= 4 is 26.0 Å². The number of pyridine rings is 1. The number of nitrogens with zero attached hydrogens (tertiary/aromatic N) is 4. The van der Waals surface area contributed by atoms with Crippen LogP contribution in [0.1, 0.15) is 18.7 Å². The minimum Gasteiger partial charge on any atom is -0.337 e. The molecule has 8 heteroatoms. The van der Waals surface area contributed by atoms with Crippen LogP contribution in [0.3, 0.4) is 0 Å². The molecule has 2 heterocycles. The summed E-state index contributed by atoms with van der Waals surface area (Å²) >= 11 is 3.27. The predicted octanol–water partition coefficient (Wildman–Crippen LogP) is 1.93. The normalized spacial score (nSPS) is 15.6. The maximum Gasteiger partial charge on any atom is 0.245 e. The minimum atomic E-state index is -3.57. The summed E-state index contributed by atoms with van der Waals surface area (Å²) < 4.78 is 29.7. The molecule has 0 aromatic carbocycles. The largest absolute Gasteiger partial charge is 0.337 e. The first-order chi connectivity index (χ1) is 9.98. The second kappa shape index (κ2) is 5.51. The number of rotatable bonds is 5. The zero-order valence-electron chi connectivity index (χ0n) is 11.5. The molecule has 0 bridgehead atoms. The van der Waals surface area contributed by atoms with Crippen LogP contribution < -0.4 is 0 Å². The van der Waals surface area contributed by atoms with Crippen LogP contribution in [-0.2, 0) is 23.6 Å². The van der Waals surface area contributed by atoms with Crippen molar-refractivity contribution in [2.24, 2.45) is 7.05 Å². The van der Waals surface area contributed by atoms with Gasteiger partial charge in [-0.1, -0.05) is 0 Å². The van der Waals surface area contributed by atoms with Crippen LogP contribution in [0.4, 0.5) is 0 Å². The molecule has 1 aliphatic carbocycles. The second-order valence-electron chi connectivity index (χ2n) is 5.07. The van der Waals surface area contributed by atoms with E-state index in [2.05, 4.69) is 25.9 Å². The van der Waals surface area contributed by atoms with Gasteiger partial charge in [0.2, 0.25) is 10.0 Å². The Morgan fingerprint density at radius 3 is 2.76 bits per heavy atom. The van der Waals surface area contributed by atoms with E-state index in [1.807, 2.05) is 17.8 Å². The van der Waals surface area contributed by atoms with Crippen molar-refractivity contribution < 1.29 is 8.42 Å². The van der Waals surface area contributed by atoms with Gasteiger partial charge in [0.15, 0.2) is 0 Å². The van der Waals surface area contributed by atoms with Crippen molar-refractivity contribution in [2.45, 2.75) is 30.3 Å². The van der Waals surface area contributed by atoms with Gasteiger partial charge in [-0.2, -0.15) is 4.31 Å². The fraction of sp³-hybridized carbons (Fsp3) is 0.385. The summed E-state index contributed by atoms with van der Waals surface area (Å²) in [5, 5.41) is 0. The molecule has 0 atom stereocenters. The van der Waals surface area contributed by atoms with Gasteiger partial charge < -0.3 is 4.57 Å². The van der Waals surface area contributed by atoms with Gasteiger partial charge in [0.1, 0.15) is 10.7 Å². The lowest BCUT2D eigenvalue weighted by Gasteiger charge is -2.21. The van der Waals surface area contributed by atoms with Crippen molar-refractivity contribution in [3.05, 3.63) is 41.2 Å². The van der Waals surface area contributed by atoms with Gasteiger partial charge in [-0.3, -0.25) is 4.98 Å². The van der Waals surface area contributed by atoms with E-state index in [-0.39, 0.29) is 17.5 Å².